The molecule has 0 aliphatic rings. The van der Waals surface area contributed by atoms with E-state index in [0.717, 1.165) is 66.8 Å². The Morgan fingerprint density at radius 2 is 0.754 bits per heavy atom. The van der Waals surface area contributed by atoms with Crippen molar-refractivity contribution in [2.24, 2.45) is 0 Å². The minimum absolute atomic E-state index is 0. The monoisotopic (exact) mass is 1020 g/mol. The molecule has 0 N–H and O–H groups in total. The molecule has 0 saturated heterocycles. The predicted octanol–water partition coefficient (Wildman–Crippen LogP) is 14.6. The van der Waals surface area contributed by atoms with E-state index in [9.17, 15) is 0 Å². The van der Waals surface area contributed by atoms with Crippen LogP contribution >= 0.6 is 0 Å². The van der Waals surface area contributed by atoms with Crippen molar-refractivity contribution in [2.45, 2.75) is 0 Å². The van der Waals surface area contributed by atoms with Crippen LogP contribution in [0, 0.1) is 18.2 Å². The fourth-order valence-electron chi connectivity index (χ4n) is 7.76. The van der Waals surface area contributed by atoms with Crippen molar-refractivity contribution in [1.29, 1.82) is 0 Å². The first kappa shape index (κ1) is 40.9. The molecule has 0 aliphatic heterocycles. The first-order valence-corrected chi connectivity index (χ1v) is 20.8. The van der Waals surface area contributed by atoms with Gasteiger partial charge in [0.2, 0.25) is 0 Å². The van der Waals surface area contributed by atoms with Crippen LogP contribution < -0.4 is 0 Å². The number of nitrogens with zero attached hydrogens (tertiary/aromatic N) is 4. The number of benzene rings is 9. The molecule has 8 heteroatoms. The van der Waals surface area contributed by atoms with Gasteiger partial charge in [0.15, 0.2) is 0 Å². The second-order valence-electron chi connectivity index (χ2n) is 14.9. The Hall–Kier alpha value is -8.16. The third-order valence-corrected chi connectivity index (χ3v) is 10.8. The first-order valence-electron chi connectivity index (χ1n) is 20.8. The second kappa shape index (κ2) is 18.3. The van der Waals surface area contributed by atoms with Crippen LogP contribution in [-0.4, -0.2) is 19.5 Å². The standard InChI is InChI=1S/C31H19N2O.2C13H8NO.Ir/c1-4-10-28-25(7-1)26-8-2-5-11-29(26)33(28)24-19-17-22(18-20-24)21-13-15-23(16-14-21)31-32-27-9-3-6-12-30(27)34-31;2*1-2-6-10(7-3-1)13-14-11-8-4-5-9-12(11)15-13;/h1-15,17-20H;2*1-6,8-9H;/q3*-1;+3. The van der Waals surface area contributed by atoms with Gasteiger partial charge in [-0.3, -0.25) is 15.0 Å². The number of fused-ring (bicyclic) bond motifs is 6. The van der Waals surface area contributed by atoms with E-state index in [-0.39, 0.29) is 20.1 Å². The summed E-state index contributed by atoms with van der Waals surface area (Å²) in [6.07, 6.45) is 0. The summed E-state index contributed by atoms with van der Waals surface area (Å²) in [5.41, 5.74) is 13.5. The number of aromatic nitrogens is 4. The zero-order chi connectivity index (χ0) is 42.7. The Morgan fingerprint density at radius 1 is 0.354 bits per heavy atom. The number of rotatable bonds is 5. The Morgan fingerprint density at radius 3 is 1.17 bits per heavy atom. The maximum absolute atomic E-state index is 5.88. The molecule has 0 atom stereocenters. The van der Waals surface area contributed by atoms with Crippen LogP contribution in [0.4, 0.5) is 0 Å². The molecule has 0 aliphatic carbocycles. The number of hydrogen-bond donors (Lipinski definition) is 0. The maximum atomic E-state index is 5.88. The van der Waals surface area contributed by atoms with Gasteiger partial charge >= 0.3 is 20.1 Å². The van der Waals surface area contributed by atoms with Crippen LogP contribution in [0.1, 0.15) is 0 Å². The average molecular weight is 1020 g/mol. The normalized spacial score (nSPS) is 11.0. The molecule has 310 valence electrons. The quantitative estimate of drug-likeness (QED) is 0.160. The van der Waals surface area contributed by atoms with E-state index in [1.54, 1.807) is 0 Å². The molecule has 0 spiro atoms. The third kappa shape index (κ3) is 8.40. The summed E-state index contributed by atoms with van der Waals surface area (Å²) in [7, 11) is 0. The molecule has 0 amide bonds. The summed E-state index contributed by atoms with van der Waals surface area (Å²) >= 11 is 0. The van der Waals surface area contributed by atoms with Gasteiger partial charge in [0, 0.05) is 16.5 Å². The van der Waals surface area contributed by atoms with Crippen LogP contribution in [0.2, 0.25) is 0 Å². The summed E-state index contributed by atoms with van der Waals surface area (Å²) in [4.78, 5) is 13.3. The van der Waals surface area contributed by atoms with Gasteiger partial charge in [-0.25, -0.2) is 0 Å². The SMILES string of the molecule is [Ir+3].[c-]1cc(-c2ccc(-n3c4ccccc4c4ccccc43)cc2)ccc1-c1nc2ccccc2o1.[c-]1ccccc1-c1nc2ccccc2o1.[c-]1ccccc1-c1nc2ccccc2o1. The number of hydrogen-bond acceptors (Lipinski definition) is 6. The fourth-order valence-corrected chi connectivity index (χ4v) is 7.76. The second-order valence-corrected chi connectivity index (χ2v) is 14.9. The van der Waals surface area contributed by atoms with Gasteiger partial charge in [-0.05, 0) is 60.7 Å². The van der Waals surface area contributed by atoms with Gasteiger partial charge in [0.25, 0.3) is 0 Å². The van der Waals surface area contributed by atoms with Crippen LogP contribution in [0.3, 0.4) is 0 Å². The van der Waals surface area contributed by atoms with Crippen LogP contribution in [-0.2, 0) is 20.1 Å². The predicted molar refractivity (Wildman–Crippen MR) is 255 cm³/mol. The Balaban J connectivity index is 0.000000133. The largest absolute Gasteiger partial charge is 3.00 e. The van der Waals surface area contributed by atoms with Crippen molar-refractivity contribution >= 4 is 55.1 Å². The number of oxazole rings is 3. The van der Waals surface area contributed by atoms with Crippen LogP contribution in [0.25, 0.3) is 106 Å². The molecular weight excluding hydrogens is 981 g/mol. The zero-order valence-electron chi connectivity index (χ0n) is 34.6. The van der Waals surface area contributed by atoms with E-state index in [0.29, 0.717) is 17.7 Å². The average Bonchev–Trinajstić information content (AvgIpc) is 4.18. The van der Waals surface area contributed by atoms with E-state index in [4.69, 9.17) is 13.3 Å². The van der Waals surface area contributed by atoms with Gasteiger partial charge < -0.3 is 17.8 Å². The van der Waals surface area contributed by atoms with Gasteiger partial charge in [0.1, 0.15) is 34.4 Å². The molecular formula is C57H35IrN4O3. The maximum Gasteiger partial charge on any atom is 3.00 e. The first-order chi connectivity index (χ1) is 31.7. The molecule has 65 heavy (non-hydrogen) atoms. The minimum Gasteiger partial charge on any atom is -0.481 e. The smallest absolute Gasteiger partial charge is 0.481 e. The van der Waals surface area contributed by atoms with E-state index in [2.05, 4.69) is 117 Å². The van der Waals surface area contributed by atoms with Crippen molar-refractivity contribution < 1.29 is 33.4 Å². The molecule has 13 rings (SSSR count). The van der Waals surface area contributed by atoms with Crippen LogP contribution in [0.15, 0.2) is 226 Å². The zero-order valence-corrected chi connectivity index (χ0v) is 36.9. The van der Waals surface area contributed by atoms with E-state index >= 15 is 0 Å². The Labute approximate surface area is 387 Å². The summed E-state index contributed by atoms with van der Waals surface area (Å²) in [6, 6.07) is 80.0. The Kier molecular flexibility index (Phi) is 11.5. The van der Waals surface area contributed by atoms with Crippen molar-refractivity contribution in [2.75, 3.05) is 0 Å². The molecule has 0 saturated carbocycles. The minimum atomic E-state index is 0. The molecule has 0 radical (unpaired) electrons. The summed E-state index contributed by atoms with van der Waals surface area (Å²) in [5.74, 6) is 1.84. The van der Waals surface area contributed by atoms with Gasteiger partial charge in [-0.15, -0.1) is 84.9 Å². The van der Waals surface area contributed by atoms with E-state index in [1.165, 1.54) is 21.8 Å². The van der Waals surface area contributed by atoms with Crippen molar-refractivity contribution in [1.82, 2.24) is 19.5 Å². The van der Waals surface area contributed by atoms with E-state index in [1.807, 2.05) is 133 Å². The van der Waals surface area contributed by atoms with Crippen molar-refractivity contribution in [3.05, 3.63) is 231 Å². The van der Waals surface area contributed by atoms with Gasteiger partial charge in [0.05, 0.1) is 27.6 Å². The van der Waals surface area contributed by atoms with Gasteiger partial charge in [-0.2, -0.15) is 0 Å². The third-order valence-electron chi connectivity index (χ3n) is 10.8. The molecule has 0 bridgehead atoms. The van der Waals surface area contributed by atoms with E-state index < -0.39 is 0 Å². The van der Waals surface area contributed by atoms with Gasteiger partial charge in [-0.1, -0.05) is 113 Å². The molecule has 0 fully saturated rings. The molecule has 13 aromatic rings. The number of para-hydroxylation sites is 8. The molecule has 4 aromatic heterocycles. The summed E-state index contributed by atoms with van der Waals surface area (Å²) < 4.78 is 19.4. The molecule has 4 heterocycles. The van der Waals surface area contributed by atoms with Crippen LogP contribution in [0.5, 0.6) is 0 Å². The summed E-state index contributed by atoms with van der Waals surface area (Å²) in [6.45, 7) is 0. The van der Waals surface area contributed by atoms with Crippen molar-refractivity contribution in [3.63, 3.8) is 0 Å². The molecule has 0 unspecified atom stereocenters. The summed E-state index contributed by atoms with van der Waals surface area (Å²) in [5, 5.41) is 2.54. The van der Waals surface area contributed by atoms with Crippen molar-refractivity contribution in [3.8, 4) is 51.2 Å². The topological polar surface area (TPSA) is 83.0 Å². The fraction of sp³-hybridized carbons (Fsp3) is 0. The Bertz CT molecular complexity index is 3410. The molecule has 9 aromatic carbocycles. The molecule has 7 nitrogen and oxygen atoms in total.